The van der Waals surface area contributed by atoms with Gasteiger partial charge >= 0.3 is 0 Å². The Labute approximate surface area is 148 Å². The normalized spacial score (nSPS) is 25.9. The quantitative estimate of drug-likeness (QED) is 0.780. The summed E-state index contributed by atoms with van der Waals surface area (Å²) in [5, 5.41) is 2.63. The summed E-state index contributed by atoms with van der Waals surface area (Å²) in [5.74, 6) is 7.91. The molecule has 7 heteroatoms. The summed E-state index contributed by atoms with van der Waals surface area (Å²) >= 11 is 8.80. The second-order valence-electron chi connectivity index (χ2n) is 5.89. The lowest BCUT2D eigenvalue weighted by Gasteiger charge is -2.44. The van der Waals surface area contributed by atoms with Crippen molar-refractivity contribution < 1.29 is 4.74 Å². The van der Waals surface area contributed by atoms with E-state index >= 15 is 0 Å². The van der Waals surface area contributed by atoms with E-state index in [1.165, 1.54) is 49.0 Å². The number of rotatable bonds is 3. The molecule has 5 rings (SSSR count). The van der Waals surface area contributed by atoms with Gasteiger partial charge in [-0.1, -0.05) is 23.4 Å². The minimum absolute atomic E-state index is 0.313. The molecule has 2 bridgehead atoms. The fourth-order valence-electron chi connectivity index (χ4n) is 3.39. The molecular weight excluding hydrogens is 350 g/mol. The average Bonchev–Trinajstić information content (AvgIpc) is 3.21. The first-order chi connectivity index (χ1) is 11.3. The molecule has 4 nitrogen and oxygen atoms in total. The molecule has 0 aliphatic carbocycles. The van der Waals surface area contributed by atoms with Gasteiger partial charge in [0.2, 0.25) is 5.88 Å². The molecule has 3 fully saturated rings. The topological polar surface area (TPSA) is 38.3 Å². The molecule has 1 unspecified atom stereocenters. The average molecular weight is 366 g/mol. The van der Waals surface area contributed by atoms with Crippen molar-refractivity contribution in [3.05, 3.63) is 27.0 Å². The second kappa shape index (κ2) is 6.78. The molecule has 0 aromatic carbocycles. The summed E-state index contributed by atoms with van der Waals surface area (Å²) in [4.78, 5) is 3.40. The van der Waals surface area contributed by atoms with Crippen molar-refractivity contribution in [3.8, 4) is 17.7 Å². The SMILES string of the molecule is Clc1ccsc1C#CCOc1nsnc1C1CN2CCC1CC2. The number of fused-ring (bicyclic) bond motifs is 3. The zero-order valence-electron chi connectivity index (χ0n) is 12.5. The highest BCUT2D eigenvalue weighted by molar-refractivity contribution is 7.11. The second-order valence-corrected chi connectivity index (χ2v) is 7.74. The molecule has 2 aromatic heterocycles. The van der Waals surface area contributed by atoms with E-state index < -0.39 is 0 Å². The molecule has 0 N–H and O–H groups in total. The fourth-order valence-corrected chi connectivity index (χ4v) is 4.93. The van der Waals surface area contributed by atoms with Crippen LogP contribution in [0.1, 0.15) is 29.3 Å². The molecule has 2 aromatic rings. The largest absolute Gasteiger partial charge is 0.463 e. The van der Waals surface area contributed by atoms with Crippen LogP contribution in [0.2, 0.25) is 5.02 Å². The Balaban J connectivity index is 1.42. The Bertz CT molecular complexity index is 740. The number of nitrogens with zero attached hydrogens (tertiary/aromatic N) is 3. The molecule has 0 radical (unpaired) electrons. The highest BCUT2D eigenvalue weighted by Crippen LogP contribution is 2.41. The molecule has 23 heavy (non-hydrogen) atoms. The van der Waals surface area contributed by atoms with Gasteiger partial charge in [0.05, 0.1) is 21.6 Å². The smallest absolute Gasteiger partial charge is 0.250 e. The minimum Gasteiger partial charge on any atom is -0.463 e. The van der Waals surface area contributed by atoms with Crippen LogP contribution >= 0.6 is 34.7 Å². The van der Waals surface area contributed by atoms with Gasteiger partial charge in [-0.25, -0.2) is 0 Å². The molecule has 0 spiro atoms. The van der Waals surface area contributed by atoms with Gasteiger partial charge in [0.25, 0.3) is 0 Å². The molecule has 1 atom stereocenters. The third-order valence-corrected chi connectivity index (χ3v) is 6.37. The van der Waals surface area contributed by atoms with Gasteiger partial charge < -0.3 is 9.64 Å². The molecule has 3 saturated heterocycles. The number of thiophene rings is 1. The zero-order chi connectivity index (χ0) is 15.6. The van der Waals surface area contributed by atoms with Gasteiger partial charge in [0, 0.05) is 12.5 Å². The van der Waals surface area contributed by atoms with E-state index in [4.69, 9.17) is 16.3 Å². The van der Waals surface area contributed by atoms with Crippen molar-refractivity contribution in [2.75, 3.05) is 26.2 Å². The number of hydrogen-bond donors (Lipinski definition) is 0. The molecule has 5 heterocycles. The maximum atomic E-state index is 6.02. The highest BCUT2D eigenvalue weighted by Gasteiger charge is 2.38. The van der Waals surface area contributed by atoms with Gasteiger partial charge in [-0.3, -0.25) is 0 Å². The van der Waals surface area contributed by atoms with Crippen molar-refractivity contribution in [2.45, 2.75) is 18.8 Å². The third kappa shape index (κ3) is 3.24. The van der Waals surface area contributed by atoms with Crippen LogP contribution in [-0.2, 0) is 0 Å². The first kappa shape index (κ1) is 15.4. The first-order valence-corrected chi connectivity index (χ1v) is 9.69. The van der Waals surface area contributed by atoms with E-state index in [0.29, 0.717) is 23.4 Å². The van der Waals surface area contributed by atoms with E-state index in [0.717, 1.165) is 23.0 Å². The summed E-state index contributed by atoms with van der Waals surface area (Å²) in [7, 11) is 0. The zero-order valence-corrected chi connectivity index (χ0v) is 14.9. The van der Waals surface area contributed by atoms with Crippen LogP contribution in [0.4, 0.5) is 0 Å². The Morgan fingerprint density at radius 3 is 2.91 bits per heavy atom. The summed E-state index contributed by atoms with van der Waals surface area (Å²) in [6, 6.07) is 1.85. The Kier molecular flexibility index (Phi) is 4.54. The summed E-state index contributed by atoms with van der Waals surface area (Å²) in [5.41, 5.74) is 1.03. The van der Waals surface area contributed by atoms with Gasteiger partial charge in [-0.15, -0.1) is 15.7 Å². The van der Waals surface area contributed by atoms with Crippen LogP contribution in [0.5, 0.6) is 5.88 Å². The number of piperidine rings is 3. The number of hydrogen-bond acceptors (Lipinski definition) is 6. The first-order valence-electron chi connectivity index (χ1n) is 7.70. The van der Waals surface area contributed by atoms with Crippen LogP contribution in [-0.4, -0.2) is 39.9 Å². The number of halogens is 1. The van der Waals surface area contributed by atoms with Crippen molar-refractivity contribution in [3.63, 3.8) is 0 Å². The molecule has 0 amide bonds. The molecular formula is C16H16ClN3OS2. The van der Waals surface area contributed by atoms with E-state index in [-0.39, 0.29) is 0 Å². The molecule has 120 valence electrons. The third-order valence-electron chi connectivity index (χ3n) is 4.59. The predicted molar refractivity (Wildman–Crippen MR) is 93.5 cm³/mol. The Morgan fingerprint density at radius 2 is 2.22 bits per heavy atom. The van der Waals surface area contributed by atoms with E-state index in [9.17, 15) is 0 Å². The van der Waals surface area contributed by atoms with Gasteiger partial charge in [0.1, 0.15) is 5.69 Å². The Morgan fingerprint density at radius 1 is 1.35 bits per heavy atom. The van der Waals surface area contributed by atoms with Crippen LogP contribution in [0.25, 0.3) is 0 Å². The van der Waals surface area contributed by atoms with Crippen molar-refractivity contribution in [1.82, 2.24) is 13.6 Å². The lowest BCUT2D eigenvalue weighted by molar-refractivity contribution is 0.0843. The lowest BCUT2D eigenvalue weighted by Crippen LogP contribution is -2.46. The van der Waals surface area contributed by atoms with Crippen LogP contribution in [0, 0.1) is 17.8 Å². The van der Waals surface area contributed by atoms with Gasteiger partial charge in [-0.2, -0.15) is 4.37 Å². The maximum Gasteiger partial charge on any atom is 0.250 e. The van der Waals surface area contributed by atoms with Crippen molar-refractivity contribution in [2.24, 2.45) is 5.92 Å². The lowest BCUT2D eigenvalue weighted by atomic mass is 9.77. The molecule has 0 saturated carbocycles. The number of ether oxygens (including phenoxy) is 1. The number of aromatic nitrogens is 2. The summed E-state index contributed by atoms with van der Waals surface area (Å²) < 4.78 is 14.6. The Hall–Kier alpha value is -1.13. The van der Waals surface area contributed by atoms with E-state index in [1.54, 1.807) is 0 Å². The van der Waals surface area contributed by atoms with E-state index in [1.807, 2.05) is 11.4 Å². The van der Waals surface area contributed by atoms with Crippen LogP contribution < -0.4 is 4.74 Å². The standard InChI is InChI=1S/C16H16ClN3OS2/c17-13-5-9-22-14(13)2-1-8-21-16-15(18-23-19-16)12-10-20-6-3-11(12)4-7-20/h5,9,11-12H,3-4,6-8,10H2. The van der Waals surface area contributed by atoms with Gasteiger partial charge in [0.15, 0.2) is 6.61 Å². The highest BCUT2D eigenvalue weighted by atomic mass is 35.5. The minimum atomic E-state index is 0.313. The fraction of sp³-hybridized carbons (Fsp3) is 0.500. The van der Waals surface area contributed by atoms with Crippen molar-refractivity contribution >= 4 is 34.7 Å². The maximum absolute atomic E-state index is 6.02. The monoisotopic (exact) mass is 365 g/mol. The predicted octanol–water partition coefficient (Wildman–Crippen LogP) is 3.49. The van der Waals surface area contributed by atoms with Gasteiger partial charge in [-0.05, 0) is 43.3 Å². The summed E-state index contributed by atoms with van der Waals surface area (Å²) in [6.45, 7) is 3.85. The summed E-state index contributed by atoms with van der Waals surface area (Å²) in [6.07, 6.45) is 2.52. The van der Waals surface area contributed by atoms with Crippen molar-refractivity contribution in [1.29, 1.82) is 0 Å². The van der Waals surface area contributed by atoms with Crippen LogP contribution in [0.3, 0.4) is 0 Å². The molecule has 3 aliphatic heterocycles. The molecule has 3 aliphatic rings. The van der Waals surface area contributed by atoms with Crippen LogP contribution in [0.15, 0.2) is 11.4 Å². The van der Waals surface area contributed by atoms with E-state index in [2.05, 4.69) is 25.5 Å².